The summed E-state index contributed by atoms with van der Waals surface area (Å²) in [4.78, 5) is 2.00. The van der Waals surface area contributed by atoms with Gasteiger partial charge in [0.15, 0.2) is 0 Å². The van der Waals surface area contributed by atoms with Crippen molar-refractivity contribution in [3.63, 3.8) is 0 Å². The number of sulfonamides is 1. The summed E-state index contributed by atoms with van der Waals surface area (Å²) in [5, 5.41) is -0.219. The molecule has 2 fully saturated rings. The fourth-order valence-electron chi connectivity index (χ4n) is 3.19. The van der Waals surface area contributed by atoms with Crippen LogP contribution in [0.4, 0.5) is 8.78 Å². The molecule has 0 amide bonds. The van der Waals surface area contributed by atoms with Crippen LogP contribution >= 0.6 is 0 Å². The summed E-state index contributed by atoms with van der Waals surface area (Å²) in [6.07, 6.45) is 3.16. The van der Waals surface area contributed by atoms with E-state index in [1.54, 1.807) is 7.05 Å². The number of nitrogens with zero attached hydrogens (tertiary/aromatic N) is 2. The zero-order valence-electron chi connectivity index (χ0n) is 13.2. The molecule has 1 aromatic rings. The number of piperidine rings is 1. The van der Waals surface area contributed by atoms with Gasteiger partial charge < -0.3 is 0 Å². The van der Waals surface area contributed by atoms with Crippen molar-refractivity contribution in [1.82, 2.24) is 9.21 Å². The van der Waals surface area contributed by atoms with Gasteiger partial charge in [0.25, 0.3) is 0 Å². The summed E-state index contributed by atoms with van der Waals surface area (Å²) < 4.78 is 53.3. The van der Waals surface area contributed by atoms with Crippen molar-refractivity contribution in [2.24, 2.45) is 0 Å². The summed E-state index contributed by atoms with van der Waals surface area (Å²) >= 11 is 0. The number of likely N-dealkylation sites (N-methyl/N-ethyl adjacent to an activating group) is 1. The topological polar surface area (TPSA) is 40.6 Å². The van der Waals surface area contributed by atoms with Crippen molar-refractivity contribution in [2.75, 3.05) is 20.1 Å². The molecule has 0 radical (unpaired) electrons. The van der Waals surface area contributed by atoms with E-state index in [2.05, 4.69) is 0 Å². The minimum atomic E-state index is -3.20. The summed E-state index contributed by atoms with van der Waals surface area (Å²) in [6.45, 7) is 1.62. The minimum absolute atomic E-state index is 0.0917. The van der Waals surface area contributed by atoms with Crippen LogP contribution in [0.5, 0.6) is 0 Å². The molecular weight excluding hydrogens is 322 g/mol. The third-order valence-electron chi connectivity index (χ3n) is 4.74. The number of halogens is 2. The van der Waals surface area contributed by atoms with Crippen molar-refractivity contribution >= 4 is 10.0 Å². The molecule has 4 nitrogen and oxygen atoms in total. The molecular formula is C16H22F2N2O2S. The molecule has 1 unspecified atom stereocenters. The Hall–Kier alpha value is -1.05. The normalized spacial score (nSPS) is 23.4. The van der Waals surface area contributed by atoms with Gasteiger partial charge in [0.1, 0.15) is 11.6 Å². The maximum absolute atomic E-state index is 13.8. The summed E-state index contributed by atoms with van der Waals surface area (Å²) in [7, 11) is -1.56. The fourth-order valence-corrected chi connectivity index (χ4v) is 4.98. The average Bonchev–Trinajstić information content (AvgIpc) is 3.36. The van der Waals surface area contributed by atoms with E-state index in [9.17, 15) is 17.2 Å². The largest absolute Gasteiger partial charge is 0.297 e. The Morgan fingerprint density at radius 2 is 2.00 bits per heavy atom. The monoisotopic (exact) mass is 344 g/mol. The Balaban J connectivity index is 1.67. The van der Waals surface area contributed by atoms with E-state index in [-0.39, 0.29) is 11.3 Å². The number of rotatable bonds is 5. The highest BCUT2D eigenvalue weighted by molar-refractivity contribution is 7.90. The second-order valence-electron chi connectivity index (χ2n) is 6.53. The minimum Gasteiger partial charge on any atom is -0.297 e. The van der Waals surface area contributed by atoms with Crippen LogP contribution in [0.15, 0.2) is 18.2 Å². The van der Waals surface area contributed by atoms with Crippen LogP contribution in [0.25, 0.3) is 0 Å². The Morgan fingerprint density at radius 1 is 1.26 bits per heavy atom. The van der Waals surface area contributed by atoms with Crippen LogP contribution in [-0.2, 0) is 16.6 Å². The molecule has 3 rings (SSSR count). The number of hydrogen-bond acceptors (Lipinski definition) is 3. The van der Waals surface area contributed by atoms with Crippen molar-refractivity contribution in [1.29, 1.82) is 0 Å². The van der Waals surface area contributed by atoms with Gasteiger partial charge in [-0.1, -0.05) is 0 Å². The van der Waals surface area contributed by atoms with E-state index < -0.39 is 21.7 Å². The van der Waals surface area contributed by atoms with Crippen LogP contribution in [0.3, 0.4) is 0 Å². The molecule has 0 N–H and O–H groups in total. The molecule has 1 aliphatic heterocycles. The summed E-state index contributed by atoms with van der Waals surface area (Å²) in [5.41, 5.74) is 0.318. The van der Waals surface area contributed by atoms with E-state index in [0.29, 0.717) is 18.7 Å². The van der Waals surface area contributed by atoms with E-state index in [0.717, 1.165) is 44.4 Å². The number of benzene rings is 1. The lowest BCUT2D eigenvalue weighted by atomic mass is 10.0. The maximum Gasteiger partial charge on any atom is 0.217 e. The Bertz CT molecular complexity index is 677. The second-order valence-corrected chi connectivity index (χ2v) is 8.80. The van der Waals surface area contributed by atoms with Crippen molar-refractivity contribution in [2.45, 2.75) is 43.5 Å². The predicted octanol–water partition coefficient (Wildman–Crippen LogP) is 2.35. The van der Waals surface area contributed by atoms with E-state index in [4.69, 9.17) is 0 Å². The van der Waals surface area contributed by atoms with Gasteiger partial charge in [-0.25, -0.2) is 21.5 Å². The molecule has 0 aromatic heterocycles. The highest BCUT2D eigenvalue weighted by Gasteiger charge is 2.41. The molecule has 1 saturated heterocycles. The number of likely N-dealkylation sites (tertiary alicyclic amines) is 1. The average molecular weight is 344 g/mol. The molecule has 1 atom stereocenters. The highest BCUT2D eigenvalue weighted by atomic mass is 32.2. The first-order chi connectivity index (χ1) is 10.9. The first-order valence-corrected chi connectivity index (χ1v) is 9.51. The third kappa shape index (κ3) is 3.72. The van der Waals surface area contributed by atoms with Crippen LogP contribution in [0.2, 0.25) is 0 Å². The zero-order valence-corrected chi connectivity index (χ0v) is 14.0. The molecule has 7 heteroatoms. The number of hydrogen-bond donors (Lipinski definition) is 0. The molecule has 128 valence electrons. The lowest BCUT2D eigenvalue weighted by Gasteiger charge is -2.37. The van der Waals surface area contributed by atoms with E-state index in [1.165, 1.54) is 10.4 Å². The van der Waals surface area contributed by atoms with Gasteiger partial charge in [-0.2, -0.15) is 0 Å². The smallest absolute Gasteiger partial charge is 0.217 e. The van der Waals surface area contributed by atoms with Crippen molar-refractivity contribution in [3.8, 4) is 0 Å². The van der Waals surface area contributed by atoms with Gasteiger partial charge in [-0.3, -0.25) is 4.90 Å². The molecule has 0 bridgehead atoms. The zero-order chi connectivity index (χ0) is 16.6. The lowest BCUT2D eigenvalue weighted by molar-refractivity contribution is 0.151. The molecule has 23 heavy (non-hydrogen) atoms. The van der Waals surface area contributed by atoms with Crippen LogP contribution in [0.1, 0.15) is 31.2 Å². The Kier molecular flexibility index (Phi) is 4.71. The van der Waals surface area contributed by atoms with Crippen LogP contribution in [0, 0.1) is 11.6 Å². The predicted molar refractivity (Wildman–Crippen MR) is 84.4 cm³/mol. The van der Waals surface area contributed by atoms with Gasteiger partial charge >= 0.3 is 0 Å². The molecule has 1 saturated carbocycles. The van der Waals surface area contributed by atoms with Gasteiger partial charge in [0.2, 0.25) is 10.0 Å². The van der Waals surface area contributed by atoms with E-state index in [1.807, 2.05) is 4.90 Å². The van der Waals surface area contributed by atoms with Gasteiger partial charge in [-0.05, 0) is 50.4 Å². The molecule has 2 aliphatic rings. The van der Waals surface area contributed by atoms with E-state index >= 15 is 0 Å². The van der Waals surface area contributed by atoms with Gasteiger partial charge in [-0.15, -0.1) is 0 Å². The van der Waals surface area contributed by atoms with Gasteiger partial charge in [0.05, 0.1) is 5.25 Å². The highest BCUT2D eigenvalue weighted by Crippen LogP contribution is 2.32. The van der Waals surface area contributed by atoms with Crippen molar-refractivity contribution in [3.05, 3.63) is 35.4 Å². The first-order valence-electron chi connectivity index (χ1n) is 8.01. The quantitative estimate of drug-likeness (QED) is 0.823. The molecule has 1 aromatic carbocycles. The third-order valence-corrected chi connectivity index (χ3v) is 7.16. The molecule has 0 spiro atoms. The summed E-state index contributed by atoms with van der Waals surface area (Å²) in [5.74, 6) is -0.879. The second kappa shape index (κ2) is 6.45. The maximum atomic E-state index is 13.8. The fraction of sp³-hybridized carbons (Fsp3) is 0.625. The van der Waals surface area contributed by atoms with Crippen LogP contribution < -0.4 is 0 Å². The standard InChI is InChI=1S/C16H22F2N2O2S/c1-19(23(21,22)15-5-6-15)14-3-2-8-20(11-14)10-12-9-13(17)4-7-16(12)18/h4,7,9,14-15H,2-3,5-6,8,10-11H2,1H3. The lowest BCUT2D eigenvalue weighted by Crippen LogP contribution is -2.49. The molecule has 1 heterocycles. The Labute approximate surface area is 136 Å². The Morgan fingerprint density at radius 3 is 2.70 bits per heavy atom. The van der Waals surface area contributed by atoms with Crippen molar-refractivity contribution < 1.29 is 17.2 Å². The SMILES string of the molecule is CN(C1CCCN(Cc2cc(F)ccc2F)C1)S(=O)(=O)C1CC1. The molecule has 1 aliphatic carbocycles. The van der Waals surface area contributed by atoms with Gasteiger partial charge in [0, 0.05) is 31.7 Å². The summed E-state index contributed by atoms with van der Waals surface area (Å²) in [6, 6.07) is 3.36. The first kappa shape index (κ1) is 16.8. The van der Waals surface area contributed by atoms with Crippen LogP contribution in [-0.4, -0.2) is 49.1 Å².